The minimum atomic E-state index is 0.343. The van der Waals surface area contributed by atoms with Crippen LogP contribution in [0.2, 0.25) is 5.02 Å². The Labute approximate surface area is 107 Å². The molecular weight excluding hydrogens is 242 g/mol. The van der Waals surface area contributed by atoms with Gasteiger partial charge >= 0.3 is 0 Å². The SMILES string of the molecule is CCC(C)COc1ccc(C(N)=S)cc1Cl. The average Bonchev–Trinajstić information content (AvgIpc) is 2.26. The number of nitrogens with two attached hydrogens (primary N) is 1. The van der Waals surface area contributed by atoms with Gasteiger partial charge in [-0.05, 0) is 24.1 Å². The summed E-state index contributed by atoms with van der Waals surface area (Å²) >= 11 is 10.9. The first-order valence-corrected chi connectivity index (χ1v) is 6.05. The summed E-state index contributed by atoms with van der Waals surface area (Å²) in [5.74, 6) is 1.20. The van der Waals surface area contributed by atoms with Crippen LogP contribution in [0, 0.1) is 5.92 Å². The van der Waals surface area contributed by atoms with E-state index in [2.05, 4.69) is 13.8 Å². The van der Waals surface area contributed by atoms with E-state index in [0.717, 1.165) is 12.0 Å². The molecule has 1 rings (SSSR count). The predicted octanol–water partition coefficient (Wildman–Crippen LogP) is 3.40. The fourth-order valence-electron chi connectivity index (χ4n) is 1.12. The fraction of sp³-hybridized carbons (Fsp3) is 0.417. The summed E-state index contributed by atoms with van der Waals surface area (Å²) in [5.41, 5.74) is 6.27. The van der Waals surface area contributed by atoms with Crippen LogP contribution in [-0.4, -0.2) is 11.6 Å². The number of rotatable bonds is 5. The first-order valence-electron chi connectivity index (χ1n) is 5.26. The molecule has 1 atom stereocenters. The van der Waals surface area contributed by atoms with Gasteiger partial charge < -0.3 is 10.5 Å². The molecule has 0 heterocycles. The molecule has 1 aromatic carbocycles. The van der Waals surface area contributed by atoms with E-state index in [1.807, 2.05) is 6.07 Å². The lowest BCUT2D eigenvalue weighted by molar-refractivity contribution is 0.257. The van der Waals surface area contributed by atoms with Crippen molar-refractivity contribution < 1.29 is 4.74 Å². The summed E-state index contributed by atoms with van der Waals surface area (Å²) in [6.07, 6.45) is 1.09. The van der Waals surface area contributed by atoms with E-state index >= 15 is 0 Å². The van der Waals surface area contributed by atoms with Crippen LogP contribution in [-0.2, 0) is 0 Å². The van der Waals surface area contributed by atoms with Crippen molar-refractivity contribution >= 4 is 28.8 Å². The lowest BCUT2D eigenvalue weighted by Gasteiger charge is -2.12. The summed E-state index contributed by atoms with van der Waals surface area (Å²) in [4.78, 5) is 0.343. The van der Waals surface area contributed by atoms with Crippen LogP contribution in [0.3, 0.4) is 0 Å². The second-order valence-electron chi connectivity index (χ2n) is 3.83. The van der Waals surface area contributed by atoms with Gasteiger partial charge in [0.05, 0.1) is 11.6 Å². The molecule has 0 aliphatic heterocycles. The van der Waals surface area contributed by atoms with Crippen molar-refractivity contribution in [2.24, 2.45) is 11.7 Å². The quantitative estimate of drug-likeness (QED) is 0.822. The molecule has 0 saturated heterocycles. The number of hydrogen-bond acceptors (Lipinski definition) is 2. The molecule has 4 heteroatoms. The Bertz CT molecular complexity index is 381. The molecule has 0 aromatic heterocycles. The monoisotopic (exact) mass is 257 g/mol. The van der Waals surface area contributed by atoms with E-state index in [-0.39, 0.29) is 0 Å². The summed E-state index contributed by atoms with van der Waals surface area (Å²) in [6.45, 7) is 4.94. The van der Waals surface area contributed by atoms with Gasteiger partial charge in [-0.15, -0.1) is 0 Å². The largest absolute Gasteiger partial charge is 0.492 e. The van der Waals surface area contributed by atoms with Crippen molar-refractivity contribution in [3.63, 3.8) is 0 Å². The second kappa shape index (κ2) is 6.06. The van der Waals surface area contributed by atoms with Gasteiger partial charge in [-0.1, -0.05) is 44.1 Å². The Morgan fingerprint density at radius 2 is 2.25 bits per heavy atom. The van der Waals surface area contributed by atoms with E-state index in [1.54, 1.807) is 12.1 Å². The molecule has 0 spiro atoms. The molecule has 0 aliphatic rings. The Kier molecular flexibility index (Phi) is 5.03. The maximum Gasteiger partial charge on any atom is 0.137 e. The summed E-state index contributed by atoms with van der Waals surface area (Å²) in [6, 6.07) is 5.36. The normalized spacial score (nSPS) is 12.2. The second-order valence-corrected chi connectivity index (χ2v) is 4.68. The van der Waals surface area contributed by atoms with Crippen molar-refractivity contribution in [2.45, 2.75) is 20.3 Å². The van der Waals surface area contributed by atoms with Crippen molar-refractivity contribution in [2.75, 3.05) is 6.61 Å². The molecule has 0 radical (unpaired) electrons. The van der Waals surface area contributed by atoms with Crippen LogP contribution in [0.5, 0.6) is 5.75 Å². The maximum atomic E-state index is 6.06. The van der Waals surface area contributed by atoms with Crippen LogP contribution in [0.4, 0.5) is 0 Å². The van der Waals surface area contributed by atoms with Gasteiger partial charge in [0.15, 0.2) is 0 Å². The molecular formula is C12H16ClNOS. The van der Waals surface area contributed by atoms with E-state index < -0.39 is 0 Å². The van der Waals surface area contributed by atoms with Crippen LogP contribution < -0.4 is 10.5 Å². The third-order valence-corrected chi connectivity index (χ3v) is 2.97. The Morgan fingerprint density at radius 3 is 2.75 bits per heavy atom. The van der Waals surface area contributed by atoms with E-state index in [1.165, 1.54) is 0 Å². The topological polar surface area (TPSA) is 35.2 Å². The third kappa shape index (κ3) is 3.65. The van der Waals surface area contributed by atoms with Crippen LogP contribution >= 0.6 is 23.8 Å². The lowest BCUT2D eigenvalue weighted by atomic mass is 10.1. The molecule has 16 heavy (non-hydrogen) atoms. The average molecular weight is 258 g/mol. The molecule has 0 saturated carbocycles. The highest BCUT2D eigenvalue weighted by molar-refractivity contribution is 7.80. The molecule has 1 unspecified atom stereocenters. The Hall–Kier alpha value is -0.800. The zero-order chi connectivity index (χ0) is 12.1. The van der Waals surface area contributed by atoms with Gasteiger partial charge in [0.25, 0.3) is 0 Å². The molecule has 88 valence electrons. The van der Waals surface area contributed by atoms with Crippen LogP contribution in [0.15, 0.2) is 18.2 Å². The number of benzene rings is 1. The van der Waals surface area contributed by atoms with E-state index in [9.17, 15) is 0 Å². The summed E-state index contributed by atoms with van der Waals surface area (Å²) < 4.78 is 5.61. The van der Waals surface area contributed by atoms with Gasteiger partial charge in [-0.25, -0.2) is 0 Å². The van der Waals surface area contributed by atoms with E-state index in [4.69, 9.17) is 34.3 Å². The number of thiocarbonyl (C=S) groups is 1. The number of halogens is 1. The van der Waals surface area contributed by atoms with Crippen LogP contribution in [0.1, 0.15) is 25.8 Å². The number of ether oxygens (including phenoxy) is 1. The zero-order valence-electron chi connectivity index (χ0n) is 9.50. The zero-order valence-corrected chi connectivity index (χ0v) is 11.1. The van der Waals surface area contributed by atoms with Crippen LogP contribution in [0.25, 0.3) is 0 Å². The lowest BCUT2D eigenvalue weighted by Crippen LogP contribution is -2.10. The smallest absolute Gasteiger partial charge is 0.137 e. The van der Waals surface area contributed by atoms with Gasteiger partial charge in [-0.2, -0.15) is 0 Å². The maximum absolute atomic E-state index is 6.06. The number of hydrogen-bond donors (Lipinski definition) is 1. The molecule has 2 nitrogen and oxygen atoms in total. The van der Waals surface area contributed by atoms with Gasteiger partial charge in [0, 0.05) is 5.56 Å². The highest BCUT2D eigenvalue weighted by atomic mass is 35.5. The third-order valence-electron chi connectivity index (χ3n) is 2.44. The molecule has 0 aliphatic carbocycles. The molecule has 0 amide bonds. The highest BCUT2D eigenvalue weighted by Gasteiger charge is 2.06. The van der Waals surface area contributed by atoms with Gasteiger partial charge in [0.1, 0.15) is 10.7 Å². The van der Waals surface area contributed by atoms with Gasteiger partial charge in [0.2, 0.25) is 0 Å². The first-order chi connectivity index (χ1) is 7.54. The Morgan fingerprint density at radius 1 is 1.56 bits per heavy atom. The van der Waals surface area contributed by atoms with Gasteiger partial charge in [-0.3, -0.25) is 0 Å². The van der Waals surface area contributed by atoms with E-state index in [0.29, 0.717) is 28.3 Å². The highest BCUT2D eigenvalue weighted by Crippen LogP contribution is 2.26. The molecule has 0 fully saturated rings. The van der Waals surface area contributed by atoms with Crippen molar-refractivity contribution in [3.05, 3.63) is 28.8 Å². The molecule has 2 N–H and O–H groups in total. The summed E-state index contributed by atoms with van der Waals surface area (Å²) in [7, 11) is 0. The fourth-order valence-corrected chi connectivity index (χ4v) is 1.48. The van der Waals surface area contributed by atoms with Crippen molar-refractivity contribution in [3.8, 4) is 5.75 Å². The molecule has 0 bridgehead atoms. The van der Waals surface area contributed by atoms with Crippen molar-refractivity contribution in [1.29, 1.82) is 0 Å². The minimum absolute atomic E-state index is 0.343. The first kappa shape index (κ1) is 13.3. The minimum Gasteiger partial charge on any atom is -0.492 e. The predicted molar refractivity (Wildman–Crippen MR) is 72.3 cm³/mol. The van der Waals surface area contributed by atoms with Crippen molar-refractivity contribution in [1.82, 2.24) is 0 Å². The molecule has 1 aromatic rings. The standard InChI is InChI=1S/C12H16ClNOS/c1-3-8(2)7-15-11-5-4-9(12(14)16)6-10(11)13/h4-6,8H,3,7H2,1-2H3,(H2,14,16). The summed E-state index contributed by atoms with van der Waals surface area (Å²) in [5, 5.41) is 0.550. The Balaban J connectivity index is 2.72.